The molecule has 6 N–H and O–H groups in total. The third-order valence-electron chi connectivity index (χ3n) is 1.58. The lowest BCUT2D eigenvalue weighted by Crippen LogP contribution is -2.24. The summed E-state index contributed by atoms with van der Waals surface area (Å²) in [5, 5.41) is 0. The van der Waals surface area contributed by atoms with Gasteiger partial charge in [0.1, 0.15) is 5.78 Å². The van der Waals surface area contributed by atoms with Crippen molar-refractivity contribution in [2.24, 2.45) is 22.2 Å². The molecule has 0 aromatic rings. The number of guanidine groups is 1. The molecule has 0 saturated heterocycles. The van der Waals surface area contributed by atoms with E-state index in [0.717, 1.165) is 12.8 Å². The van der Waals surface area contributed by atoms with Crippen molar-refractivity contribution in [3.05, 3.63) is 0 Å². The van der Waals surface area contributed by atoms with E-state index in [-0.39, 0.29) is 17.8 Å². The fraction of sp³-hybridized carbons (Fsp3) is 0.750. The third kappa shape index (κ3) is 8.81. The Morgan fingerprint density at radius 3 is 2.54 bits per heavy atom. The Balaban J connectivity index is 3.42. The molecular weight excluding hydrogens is 168 g/mol. The van der Waals surface area contributed by atoms with Crippen LogP contribution in [0.2, 0.25) is 0 Å². The van der Waals surface area contributed by atoms with E-state index in [1.165, 1.54) is 6.92 Å². The molecule has 0 rings (SSSR count). The highest BCUT2D eigenvalue weighted by Gasteiger charge is 2.04. The number of Topliss-reactive ketones (excluding diaryl/α,β-unsaturated/α-hetero) is 1. The predicted octanol–water partition coefficient (Wildman–Crippen LogP) is -0.654. The first-order valence-electron chi connectivity index (χ1n) is 4.32. The molecule has 76 valence electrons. The fourth-order valence-corrected chi connectivity index (χ4v) is 1.03. The van der Waals surface area contributed by atoms with Crippen LogP contribution in [0.25, 0.3) is 0 Å². The Bertz CT molecular complexity index is 187. The number of nitrogens with two attached hydrogens (primary N) is 3. The maximum absolute atomic E-state index is 10.6. The topological polar surface area (TPSA) is 107 Å². The first-order chi connectivity index (χ1) is 6.02. The number of nitrogens with zero attached hydrogens (tertiary/aromatic N) is 1. The van der Waals surface area contributed by atoms with Gasteiger partial charge in [-0.15, -0.1) is 0 Å². The predicted molar refractivity (Wildman–Crippen MR) is 53.2 cm³/mol. The van der Waals surface area contributed by atoms with Gasteiger partial charge in [-0.05, 0) is 19.8 Å². The largest absolute Gasteiger partial charge is 0.370 e. The zero-order valence-electron chi connectivity index (χ0n) is 7.99. The van der Waals surface area contributed by atoms with Gasteiger partial charge in [0.2, 0.25) is 0 Å². The van der Waals surface area contributed by atoms with Gasteiger partial charge in [-0.3, -0.25) is 9.79 Å². The molecular formula is C8H18N4O. The number of carbonyl (C=O) groups is 1. The van der Waals surface area contributed by atoms with Crippen molar-refractivity contribution >= 4 is 11.7 Å². The smallest absolute Gasteiger partial charge is 0.185 e. The van der Waals surface area contributed by atoms with Gasteiger partial charge in [-0.1, -0.05) is 0 Å². The van der Waals surface area contributed by atoms with E-state index in [9.17, 15) is 4.79 Å². The summed E-state index contributed by atoms with van der Waals surface area (Å²) in [7, 11) is 0. The van der Waals surface area contributed by atoms with Crippen LogP contribution in [-0.4, -0.2) is 24.3 Å². The number of hydrogen-bond donors (Lipinski definition) is 3. The minimum atomic E-state index is -0.0632. The van der Waals surface area contributed by atoms with Crippen LogP contribution in [0.1, 0.15) is 26.2 Å². The second kappa shape index (κ2) is 6.42. The lowest BCUT2D eigenvalue weighted by molar-refractivity contribution is -0.117. The maximum Gasteiger partial charge on any atom is 0.185 e. The molecule has 0 radical (unpaired) electrons. The monoisotopic (exact) mass is 186 g/mol. The van der Waals surface area contributed by atoms with Crippen molar-refractivity contribution in [1.82, 2.24) is 0 Å². The molecule has 0 bridgehead atoms. The second-order valence-electron chi connectivity index (χ2n) is 3.12. The van der Waals surface area contributed by atoms with Gasteiger partial charge in [0.15, 0.2) is 5.96 Å². The standard InChI is InChI=1S/C8H18N4O/c1-6(13)5-7(9)3-2-4-12-8(10)11/h7H,2-5,9H2,1H3,(H4,10,11,12)/t7-/m0/s1. The Morgan fingerprint density at radius 1 is 1.46 bits per heavy atom. The summed E-state index contributed by atoms with van der Waals surface area (Å²) < 4.78 is 0. The summed E-state index contributed by atoms with van der Waals surface area (Å²) >= 11 is 0. The molecule has 0 aliphatic heterocycles. The van der Waals surface area contributed by atoms with Crippen LogP contribution in [0.5, 0.6) is 0 Å². The average molecular weight is 186 g/mol. The molecule has 0 fully saturated rings. The van der Waals surface area contributed by atoms with E-state index in [4.69, 9.17) is 17.2 Å². The van der Waals surface area contributed by atoms with Gasteiger partial charge < -0.3 is 17.2 Å². The summed E-state index contributed by atoms with van der Waals surface area (Å²) in [6.45, 7) is 2.11. The summed E-state index contributed by atoms with van der Waals surface area (Å²) in [5.74, 6) is 0.217. The minimum Gasteiger partial charge on any atom is -0.370 e. The van der Waals surface area contributed by atoms with E-state index in [0.29, 0.717) is 13.0 Å². The number of aliphatic imine (C=N–C) groups is 1. The molecule has 0 aromatic carbocycles. The molecule has 0 heterocycles. The molecule has 0 unspecified atom stereocenters. The zero-order valence-corrected chi connectivity index (χ0v) is 7.99. The van der Waals surface area contributed by atoms with Gasteiger partial charge >= 0.3 is 0 Å². The van der Waals surface area contributed by atoms with E-state index >= 15 is 0 Å². The van der Waals surface area contributed by atoms with Crippen LogP contribution in [0.15, 0.2) is 4.99 Å². The SMILES string of the molecule is CC(=O)C[C@@H](N)CCCN=C(N)N. The molecule has 0 amide bonds. The molecule has 0 saturated carbocycles. The number of rotatable bonds is 6. The molecule has 0 aliphatic rings. The van der Waals surface area contributed by atoms with Gasteiger partial charge in [0, 0.05) is 19.0 Å². The Hall–Kier alpha value is -1.10. The van der Waals surface area contributed by atoms with Gasteiger partial charge in [0.05, 0.1) is 0 Å². The second-order valence-corrected chi connectivity index (χ2v) is 3.12. The molecule has 5 nitrogen and oxygen atoms in total. The van der Waals surface area contributed by atoms with Crippen molar-refractivity contribution < 1.29 is 4.79 Å². The first-order valence-corrected chi connectivity index (χ1v) is 4.32. The normalized spacial score (nSPS) is 12.2. The van der Waals surface area contributed by atoms with Crippen LogP contribution < -0.4 is 17.2 Å². The lowest BCUT2D eigenvalue weighted by Gasteiger charge is -2.07. The summed E-state index contributed by atoms with van der Waals surface area (Å²) in [4.78, 5) is 14.5. The quantitative estimate of drug-likeness (QED) is 0.291. The van der Waals surface area contributed by atoms with Crippen LogP contribution in [-0.2, 0) is 4.79 Å². The maximum atomic E-state index is 10.6. The number of carbonyl (C=O) groups excluding carboxylic acids is 1. The molecule has 1 atom stereocenters. The fourth-order valence-electron chi connectivity index (χ4n) is 1.03. The van der Waals surface area contributed by atoms with E-state index in [1.54, 1.807) is 0 Å². The Kier molecular flexibility index (Phi) is 5.88. The van der Waals surface area contributed by atoms with Crippen LogP contribution in [0.4, 0.5) is 0 Å². The molecule has 5 heteroatoms. The highest BCUT2D eigenvalue weighted by atomic mass is 16.1. The van der Waals surface area contributed by atoms with Crippen molar-refractivity contribution in [3.8, 4) is 0 Å². The van der Waals surface area contributed by atoms with Gasteiger partial charge in [0.25, 0.3) is 0 Å². The number of ketones is 1. The third-order valence-corrected chi connectivity index (χ3v) is 1.58. The zero-order chi connectivity index (χ0) is 10.3. The Morgan fingerprint density at radius 2 is 2.08 bits per heavy atom. The summed E-state index contributed by atoms with van der Waals surface area (Å²) in [6, 6.07) is -0.0632. The molecule has 13 heavy (non-hydrogen) atoms. The summed E-state index contributed by atoms with van der Waals surface area (Å²) in [6.07, 6.45) is 2.02. The molecule has 0 aromatic heterocycles. The molecule has 0 spiro atoms. The van der Waals surface area contributed by atoms with Crippen LogP contribution in [0.3, 0.4) is 0 Å². The lowest BCUT2D eigenvalue weighted by atomic mass is 10.1. The van der Waals surface area contributed by atoms with E-state index in [1.807, 2.05) is 0 Å². The van der Waals surface area contributed by atoms with Crippen LogP contribution in [0, 0.1) is 0 Å². The molecule has 0 aliphatic carbocycles. The Labute approximate surface area is 78.4 Å². The van der Waals surface area contributed by atoms with E-state index in [2.05, 4.69) is 4.99 Å². The van der Waals surface area contributed by atoms with Crippen molar-refractivity contribution in [2.45, 2.75) is 32.2 Å². The van der Waals surface area contributed by atoms with E-state index < -0.39 is 0 Å². The van der Waals surface area contributed by atoms with Crippen molar-refractivity contribution in [2.75, 3.05) is 6.54 Å². The highest BCUT2D eigenvalue weighted by Crippen LogP contribution is 1.99. The van der Waals surface area contributed by atoms with Gasteiger partial charge in [-0.2, -0.15) is 0 Å². The number of hydrogen-bond acceptors (Lipinski definition) is 3. The summed E-state index contributed by atoms with van der Waals surface area (Å²) in [5.41, 5.74) is 15.9. The van der Waals surface area contributed by atoms with Crippen molar-refractivity contribution in [3.63, 3.8) is 0 Å². The average Bonchev–Trinajstić information content (AvgIpc) is 1.96. The highest BCUT2D eigenvalue weighted by molar-refractivity contribution is 5.76. The minimum absolute atomic E-state index is 0.0632. The first kappa shape index (κ1) is 11.9. The van der Waals surface area contributed by atoms with Crippen molar-refractivity contribution in [1.29, 1.82) is 0 Å². The van der Waals surface area contributed by atoms with Gasteiger partial charge in [-0.25, -0.2) is 0 Å². The van der Waals surface area contributed by atoms with Crippen LogP contribution >= 0.6 is 0 Å².